The lowest BCUT2D eigenvalue weighted by Gasteiger charge is -2.11. The molecule has 108 valence electrons. The average molecular weight is 320 g/mol. The van der Waals surface area contributed by atoms with Crippen molar-refractivity contribution in [2.45, 2.75) is 6.54 Å². The predicted molar refractivity (Wildman–Crippen MR) is 88.0 cm³/mol. The van der Waals surface area contributed by atoms with Gasteiger partial charge in [-0.2, -0.15) is 0 Å². The van der Waals surface area contributed by atoms with Gasteiger partial charge < -0.3 is 10.1 Å². The third-order valence-corrected chi connectivity index (χ3v) is 3.25. The second-order valence-electron chi connectivity index (χ2n) is 4.36. The van der Waals surface area contributed by atoms with Gasteiger partial charge in [-0.3, -0.25) is 0 Å². The molecule has 0 bridgehead atoms. The Morgan fingerprint density at radius 1 is 1.14 bits per heavy atom. The van der Waals surface area contributed by atoms with Gasteiger partial charge in [-0.1, -0.05) is 53.2 Å². The number of ether oxygens (including phenoxy) is 1. The summed E-state index contributed by atoms with van der Waals surface area (Å²) in [5.74, 6) is 6.64. The molecule has 4 heteroatoms. The Morgan fingerprint density at radius 2 is 1.90 bits per heavy atom. The van der Waals surface area contributed by atoms with Crippen LogP contribution in [0.5, 0.6) is 5.75 Å². The molecule has 0 aromatic heterocycles. The minimum Gasteiger partial charge on any atom is -0.479 e. The fourth-order valence-electron chi connectivity index (χ4n) is 1.86. The molecule has 2 aromatic rings. The molecule has 0 aliphatic heterocycles. The summed E-state index contributed by atoms with van der Waals surface area (Å²) >= 11 is 12.2. The van der Waals surface area contributed by atoms with E-state index in [1.54, 1.807) is 6.07 Å². The van der Waals surface area contributed by atoms with Gasteiger partial charge in [-0.15, -0.1) is 0 Å². The zero-order valence-corrected chi connectivity index (χ0v) is 13.1. The van der Waals surface area contributed by atoms with Crippen molar-refractivity contribution >= 4 is 23.2 Å². The van der Waals surface area contributed by atoms with Gasteiger partial charge in [0.15, 0.2) is 0 Å². The van der Waals surface area contributed by atoms with Gasteiger partial charge >= 0.3 is 0 Å². The van der Waals surface area contributed by atoms with Crippen molar-refractivity contribution in [2.75, 3.05) is 13.7 Å². The summed E-state index contributed by atoms with van der Waals surface area (Å²) in [4.78, 5) is 0. The van der Waals surface area contributed by atoms with Crippen molar-refractivity contribution in [3.05, 3.63) is 63.6 Å². The van der Waals surface area contributed by atoms with Crippen molar-refractivity contribution < 1.29 is 4.74 Å². The molecule has 1 N–H and O–H groups in total. The van der Waals surface area contributed by atoms with Crippen LogP contribution in [0.2, 0.25) is 10.0 Å². The Kier molecular flexibility index (Phi) is 5.95. The van der Waals surface area contributed by atoms with Gasteiger partial charge in [0, 0.05) is 22.7 Å². The van der Waals surface area contributed by atoms with Crippen LogP contribution in [0.3, 0.4) is 0 Å². The van der Waals surface area contributed by atoms with Gasteiger partial charge in [0.2, 0.25) is 0 Å². The van der Waals surface area contributed by atoms with Gasteiger partial charge in [0.1, 0.15) is 12.4 Å². The average Bonchev–Trinajstić information content (AvgIpc) is 2.47. The highest BCUT2D eigenvalue weighted by Crippen LogP contribution is 2.32. The molecule has 21 heavy (non-hydrogen) atoms. The largest absolute Gasteiger partial charge is 0.479 e. The first-order valence-electron chi connectivity index (χ1n) is 6.50. The van der Waals surface area contributed by atoms with E-state index in [0.29, 0.717) is 22.3 Å². The first kappa shape index (κ1) is 15.7. The van der Waals surface area contributed by atoms with E-state index >= 15 is 0 Å². The number of halogens is 2. The number of rotatable bonds is 4. The van der Waals surface area contributed by atoms with Crippen LogP contribution in [0.4, 0.5) is 0 Å². The van der Waals surface area contributed by atoms with E-state index in [0.717, 1.165) is 11.1 Å². The summed E-state index contributed by atoms with van der Waals surface area (Å²) in [7, 11) is 1.85. The lowest BCUT2D eigenvalue weighted by molar-refractivity contribution is 0.365. The van der Waals surface area contributed by atoms with Crippen LogP contribution in [-0.4, -0.2) is 13.7 Å². The van der Waals surface area contributed by atoms with E-state index in [-0.39, 0.29) is 6.61 Å². The first-order chi connectivity index (χ1) is 10.2. The summed E-state index contributed by atoms with van der Waals surface area (Å²) in [6.45, 7) is 0.898. The van der Waals surface area contributed by atoms with E-state index in [9.17, 15) is 0 Å². The van der Waals surface area contributed by atoms with Crippen molar-refractivity contribution in [3.8, 4) is 17.6 Å². The summed E-state index contributed by atoms with van der Waals surface area (Å²) in [5.41, 5.74) is 1.87. The van der Waals surface area contributed by atoms with E-state index in [2.05, 4.69) is 17.2 Å². The maximum Gasteiger partial charge on any atom is 0.149 e. The fourth-order valence-corrected chi connectivity index (χ4v) is 2.46. The van der Waals surface area contributed by atoms with Crippen LogP contribution in [-0.2, 0) is 6.54 Å². The fraction of sp³-hybridized carbons (Fsp3) is 0.176. The third-order valence-electron chi connectivity index (χ3n) is 2.75. The first-order valence-corrected chi connectivity index (χ1v) is 7.25. The van der Waals surface area contributed by atoms with E-state index in [1.807, 2.05) is 43.4 Å². The van der Waals surface area contributed by atoms with Crippen molar-refractivity contribution in [2.24, 2.45) is 0 Å². The highest BCUT2D eigenvalue weighted by Gasteiger charge is 2.09. The van der Waals surface area contributed by atoms with Crippen molar-refractivity contribution in [3.63, 3.8) is 0 Å². The molecular weight excluding hydrogens is 305 g/mol. The van der Waals surface area contributed by atoms with E-state index < -0.39 is 0 Å². The molecule has 0 amide bonds. The van der Waals surface area contributed by atoms with Crippen LogP contribution < -0.4 is 10.1 Å². The second-order valence-corrected chi connectivity index (χ2v) is 5.21. The topological polar surface area (TPSA) is 21.3 Å². The van der Waals surface area contributed by atoms with Crippen LogP contribution in [0.25, 0.3) is 0 Å². The van der Waals surface area contributed by atoms with Gasteiger partial charge in [0.25, 0.3) is 0 Å². The lowest BCUT2D eigenvalue weighted by Crippen LogP contribution is -2.08. The molecule has 0 unspecified atom stereocenters. The molecule has 0 heterocycles. The Morgan fingerprint density at radius 3 is 2.62 bits per heavy atom. The van der Waals surface area contributed by atoms with E-state index in [1.165, 1.54) is 0 Å². The SMILES string of the molecule is CNCc1cc(Cl)cc(Cl)c1OCC#Cc1ccccc1. The summed E-state index contributed by atoms with van der Waals surface area (Å²) in [5, 5.41) is 4.15. The maximum atomic E-state index is 6.18. The van der Waals surface area contributed by atoms with Crippen molar-refractivity contribution in [1.29, 1.82) is 0 Å². The minimum atomic E-state index is 0.271. The quantitative estimate of drug-likeness (QED) is 0.855. The molecule has 0 atom stereocenters. The summed E-state index contributed by atoms with van der Waals surface area (Å²) in [6, 6.07) is 13.3. The van der Waals surface area contributed by atoms with Crippen LogP contribution >= 0.6 is 23.2 Å². The highest BCUT2D eigenvalue weighted by molar-refractivity contribution is 6.35. The smallest absolute Gasteiger partial charge is 0.149 e. The molecule has 0 aliphatic carbocycles. The molecule has 0 aliphatic rings. The molecule has 2 aromatic carbocycles. The normalized spacial score (nSPS) is 9.86. The Balaban J connectivity index is 2.08. The van der Waals surface area contributed by atoms with Crippen LogP contribution in [0, 0.1) is 11.8 Å². The summed E-state index contributed by atoms with van der Waals surface area (Å²) < 4.78 is 5.69. The standard InChI is InChI=1S/C17H15Cl2NO/c1-20-12-14-10-15(18)11-16(19)17(14)21-9-5-8-13-6-3-2-4-7-13/h2-4,6-7,10-11,20H,9,12H2,1H3. The molecule has 0 radical (unpaired) electrons. The maximum absolute atomic E-state index is 6.18. The zero-order valence-electron chi connectivity index (χ0n) is 11.6. The molecule has 2 nitrogen and oxygen atoms in total. The Labute approximate surface area is 135 Å². The second kappa shape index (κ2) is 7.95. The Hall–Kier alpha value is -1.66. The van der Waals surface area contributed by atoms with Gasteiger partial charge in [0.05, 0.1) is 5.02 Å². The lowest BCUT2D eigenvalue weighted by atomic mass is 10.2. The highest BCUT2D eigenvalue weighted by atomic mass is 35.5. The minimum absolute atomic E-state index is 0.271. The van der Waals surface area contributed by atoms with E-state index in [4.69, 9.17) is 27.9 Å². The number of hydrogen-bond donors (Lipinski definition) is 1. The predicted octanol–water partition coefficient (Wildman–Crippen LogP) is 4.14. The number of hydrogen-bond acceptors (Lipinski definition) is 2. The van der Waals surface area contributed by atoms with Crippen molar-refractivity contribution in [1.82, 2.24) is 5.32 Å². The van der Waals surface area contributed by atoms with Crippen LogP contribution in [0.15, 0.2) is 42.5 Å². The monoisotopic (exact) mass is 319 g/mol. The van der Waals surface area contributed by atoms with Crippen LogP contribution in [0.1, 0.15) is 11.1 Å². The van der Waals surface area contributed by atoms with Gasteiger partial charge in [-0.05, 0) is 31.3 Å². The molecule has 0 spiro atoms. The molecule has 0 saturated carbocycles. The van der Waals surface area contributed by atoms with Gasteiger partial charge in [-0.25, -0.2) is 0 Å². The summed E-state index contributed by atoms with van der Waals surface area (Å²) in [6.07, 6.45) is 0. The molecular formula is C17H15Cl2NO. The number of nitrogens with one attached hydrogen (secondary N) is 1. The molecule has 0 fully saturated rings. The Bertz CT molecular complexity index is 660. The third kappa shape index (κ3) is 4.68. The molecule has 0 saturated heterocycles. The number of benzene rings is 2. The molecule has 2 rings (SSSR count). The zero-order chi connectivity index (χ0) is 15.1.